The van der Waals surface area contributed by atoms with Crippen molar-refractivity contribution in [1.82, 2.24) is 0 Å². The molecule has 0 amide bonds. The van der Waals surface area contributed by atoms with Crippen molar-refractivity contribution in [2.24, 2.45) is 0 Å². The summed E-state index contributed by atoms with van der Waals surface area (Å²) < 4.78 is 4.95. The summed E-state index contributed by atoms with van der Waals surface area (Å²) in [6.07, 6.45) is 2.14. The first-order valence-corrected chi connectivity index (χ1v) is 2.53. The minimum absolute atomic E-state index is 0.195. The number of rotatable bonds is 1. The van der Waals surface area contributed by atoms with E-state index in [1.54, 1.807) is 0 Å². The van der Waals surface area contributed by atoms with Crippen molar-refractivity contribution < 1.29 is 9.84 Å². The molecule has 0 aromatic heterocycles. The maximum Gasteiger partial charge on any atom is 0.118 e. The van der Waals surface area contributed by atoms with E-state index >= 15 is 0 Å². The summed E-state index contributed by atoms with van der Waals surface area (Å²) in [5.74, 6) is 0. The Balaban J connectivity index is 3.39. The maximum atomic E-state index is 8.12. The monoisotopic (exact) mass is 116 g/mol. The Morgan fingerprint density at radius 2 is 1.88 bits per heavy atom. The molecule has 0 unspecified atom stereocenters. The van der Waals surface area contributed by atoms with Crippen molar-refractivity contribution in [3.63, 3.8) is 0 Å². The van der Waals surface area contributed by atoms with Crippen LogP contribution in [0, 0.1) is 0 Å². The average molecular weight is 116 g/mol. The van der Waals surface area contributed by atoms with E-state index in [-0.39, 0.29) is 5.60 Å². The lowest BCUT2D eigenvalue weighted by Crippen LogP contribution is -2.15. The van der Waals surface area contributed by atoms with E-state index in [1.807, 2.05) is 20.8 Å². The summed E-state index contributed by atoms with van der Waals surface area (Å²) in [6.45, 7) is 5.73. The summed E-state index contributed by atoms with van der Waals surface area (Å²) in [4.78, 5) is 0. The Hall–Kier alpha value is -0.660. The second kappa shape index (κ2) is 2.60. The van der Waals surface area contributed by atoms with Crippen LogP contribution in [-0.4, -0.2) is 10.7 Å². The van der Waals surface area contributed by atoms with E-state index in [4.69, 9.17) is 9.84 Å². The van der Waals surface area contributed by atoms with E-state index in [9.17, 15) is 0 Å². The number of aliphatic hydroxyl groups is 1. The van der Waals surface area contributed by atoms with Crippen molar-refractivity contribution >= 4 is 0 Å². The Morgan fingerprint density at radius 3 is 2.00 bits per heavy atom. The molecule has 48 valence electrons. The van der Waals surface area contributed by atoms with Crippen LogP contribution in [0.5, 0.6) is 0 Å². The van der Waals surface area contributed by atoms with Gasteiger partial charge in [0.25, 0.3) is 0 Å². The van der Waals surface area contributed by atoms with Crippen LogP contribution in [0.15, 0.2) is 12.5 Å². The van der Waals surface area contributed by atoms with Crippen LogP contribution in [0.25, 0.3) is 0 Å². The molecule has 0 aliphatic rings. The molecule has 0 saturated carbocycles. The van der Waals surface area contributed by atoms with E-state index in [0.717, 1.165) is 6.26 Å². The largest absolute Gasteiger partial charge is 0.512 e. The zero-order valence-corrected chi connectivity index (χ0v) is 5.51. The highest BCUT2D eigenvalue weighted by Gasteiger charge is 2.06. The molecule has 0 heterocycles. The molecular formula is C6H12O2. The fourth-order valence-corrected chi connectivity index (χ4v) is 0.235. The van der Waals surface area contributed by atoms with Crippen molar-refractivity contribution in [3.8, 4) is 0 Å². The molecule has 1 N–H and O–H groups in total. The first kappa shape index (κ1) is 7.34. The van der Waals surface area contributed by atoms with Gasteiger partial charge in [0.15, 0.2) is 0 Å². The van der Waals surface area contributed by atoms with Gasteiger partial charge in [0, 0.05) is 0 Å². The van der Waals surface area contributed by atoms with Crippen LogP contribution in [0.4, 0.5) is 0 Å². The van der Waals surface area contributed by atoms with Crippen LogP contribution in [0.3, 0.4) is 0 Å². The van der Waals surface area contributed by atoms with Gasteiger partial charge in [0.1, 0.15) is 12.5 Å². The number of aliphatic hydroxyl groups excluding tert-OH is 1. The highest BCUT2D eigenvalue weighted by Crippen LogP contribution is 2.05. The van der Waals surface area contributed by atoms with E-state index in [0.29, 0.717) is 0 Å². The summed E-state index contributed by atoms with van der Waals surface area (Å²) >= 11 is 0. The van der Waals surface area contributed by atoms with Crippen LogP contribution >= 0.6 is 0 Å². The lowest BCUT2D eigenvalue weighted by atomic mass is 10.2. The minimum atomic E-state index is -0.195. The van der Waals surface area contributed by atoms with Gasteiger partial charge in [-0.3, -0.25) is 0 Å². The zero-order chi connectivity index (χ0) is 6.62. The standard InChI is InChI=1S/C6H12O2/c1-6(2,3)8-5-4-7/h4-5,7H,1-3H3. The van der Waals surface area contributed by atoms with Crippen LogP contribution in [-0.2, 0) is 4.74 Å². The summed E-state index contributed by atoms with van der Waals surface area (Å²) in [5, 5.41) is 8.12. The van der Waals surface area contributed by atoms with Crippen molar-refractivity contribution in [1.29, 1.82) is 0 Å². The van der Waals surface area contributed by atoms with Gasteiger partial charge in [-0.1, -0.05) is 0 Å². The highest BCUT2D eigenvalue weighted by atomic mass is 16.5. The molecule has 0 bridgehead atoms. The molecule has 0 atom stereocenters. The fourth-order valence-electron chi connectivity index (χ4n) is 0.235. The van der Waals surface area contributed by atoms with Crippen molar-refractivity contribution in [2.75, 3.05) is 0 Å². The second-order valence-corrected chi connectivity index (χ2v) is 2.52. The Kier molecular flexibility index (Phi) is 2.38. The van der Waals surface area contributed by atoms with E-state index < -0.39 is 0 Å². The molecule has 2 heteroatoms. The predicted molar refractivity (Wildman–Crippen MR) is 32.6 cm³/mol. The van der Waals surface area contributed by atoms with E-state index in [2.05, 4.69) is 0 Å². The molecule has 8 heavy (non-hydrogen) atoms. The second-order valence-electron chi connectivity index (χ2n) is 2.52. The maximum absolute atomic E-state index is 8.12. The fraction of sp³-hybridized carbons (Fsp3) is 0.667. The molecule has 0 spiro atoms. The molecule has 0 aromatic carbocycles. The number of hydrogen-bond acceptors (Lipinski definition) is 2. The normalized spacial score (nSPS) is 12.4. The Morgan fingerprint density at radius 1 is 1.38 bits per heavy atom. The van der Waals surface area contributed by atoms with Crippen LogP contribution in [0.2, 0.25) is 0 Å². The quantitative estimate of drug-likeness (QED) is 0.529. The topological polar surface area (TPSA) is 29.5 Å². The highest BCUT2D eigenvalue weighted by molar-refractivity contribution is 4.66. The lowest BCUT2D eigenvalue weighted by molar-refractivity contribution is 0.0727. The van der Waals surface area contributed by atoms with Gasteiger partial charge >= 0.3 is 0 Å². The molecule has 0 aliphatic carbocycles. The molecule has 0 radical (unpaired) electrons. The third kappa shape index (κ3) is 5.34. The molecule has 0 aromatic rings. The minimum Gasteiger partial charge on any atom is -0.512 e. The number of ether oxygens (including phenoxy) is 1. The lowest BCUT2D eigenvalue weighted by Gasteiger charge is -2.16. The average Bonchev–Trinajstić information content (AvgIpc) is 1.59. The first-order chi connectivity index (χ1) is 3.56. The Labute approximate surface area is 49.8 Å². The van der Waals surface area contributed by atoms with Crippen LogP contribution in [0.1, 0.15) is 20.8 Å². The first-order valence-electron chi connectivity index (χ1n) is 2.53. The van der Waals surface area contributed by atoms with Gasteiger partial charge in [0.05, 0.1) is 5.60 Å². The van der Waals surface area contributed by atoms with Crippen molar-refractivity contribution in [3.05, 3.63) is 12.5 Å². The van der Waals surface area contributed by atoms with Gasteiger partial charge in [-0.15, -0.1) is 0 Å². The van der Waals surface area contributed by atoms with E-state index in [1.165, 1.54) is 6.26 Å². The Bertz CT molecular complexity index is 79.0. The van der Waals surface area contributed by atoms with Crippen molar-refractivity contribution in [2.45, 2.75) is 26.4 Å². The predicted octanol–water partition coefficient (Wildman–Crippen LogP) is 1.83. The van der Waals surface area contributed by atoms with Gasteiger partial charge < -0.3 is 9.84 Å². The summed E-state index contributed by atoms with van der Waals surface area (Å²) in [6, 6.07) is 0. The van der Waals surface area contributed by atoms with Gasteiger partial charge in [-0.2, -0.15) is 0 Å². The molecule has 0 saturated heterocycles. The third-order valence-corrected chi connectivity index (χ3v) is 0.482. The number of hydrogen-bond donors (Lipinski definition) is 1. The zero-order valence-electron chi connectivity index (χ0n) is 5.51. The SMILES string of the molecule is CC(C)(C)OC=CO. The molecule has 0 fully saturated rings. The molecule has 2 nitrogen and oxygen atoms in total. The smallest absolute Gasteiger partial charge is 0.118 e. The van der Waals surface area contributed by atoms with Gasteiger partial charge in [-0.25, -0.2) is 0 Å². The molecule has 0 aliphatic heterocycles. The molecule has 0 rings (SSSR count). The summed E-state index contributed by atoms with van der Waals surface area (Å²) in [5.41, 5.74) is -0.195. The molecular weight excluding hydrogens is 104 g/mol. The van der Waals surface area contributed by atoms with Crippen LogP contribution < -0.4 is 0 Å². The third-order valence-electron chi connectivity index (χ3n) is 0.482. The van der Waals surface area contributed by atoms with Gasteiger partial charge in [0.2, 0.25) is 0 Å². The summed E-state index contributed by atoms with van der Waals surface area (Å²) in [7, 11) is 0. The van der Waals surface area contributed by atoms with Gasteiger partial charge in [-0.05, 0) is 20.8 Å².